The van der Waals surface area contributed by atoms with Gasteiger partial charge in [-0.05, 0) is 41.3 Å². The van der Waals surface area contributed by atoms with Crippen LogP contribution in [0, 0.1) is 5.92 Å². The Balaban J connectivity index is 1.30. The molecule has 2 amide bonds. The first kappa shape index (κ1) is 17.2. The minimum absolute atomic E-state index is 0.0556. The van der Waals surface area contributed by atoms with E-state index in [0.29, 0.717) is 18.4 Å². The van der Waals surface area contributed by atoms with E-state index in [1.807, 2.05) is 27.8 Å². The Morgan fingerprint density at radius 3 is 2.67 bits per heavy atom. The van der Waals surface area contributed by atoms with E-state index in [4.69, 9.17) is 0 Å². The zero-order chi connectivity index (χ0) is 16.8. The van der Waals surface area contributed by atoms with E-state index in [1.165, 1.54) is 6.42 Å². The Hall–Kier alpha value is -1.66. The Morgan fingerprint density at radius 1 is 1.25 bits per heavy atom. The molecule has 1 aliphatic carbocycles. The minimum Gasteiger partial charge on any atom is -0.351 e. The number of rotatable bonds is 6. The molecule has 5 nitrogen and oxygen atoms in total. The summed E-state index contributed by atoms with van der Waals surface area (Å²) in [5, 5.41) is 6.92. The number of thiophene rings is 1. The molecule has 0 aromatic carbocycles. The maximum Gasteiger partial charge on any atom is 0.244 e. The molecule has 0 spiro atoms. The fraction of sp³-hybridized carbons (Fsp3) is 0.556. The van der Waals surface area contributed by atoms with Crippen molar-refractivity contribution in [1.29, 1.82) is 0 Å². The second-order valence-corrected chi connectivity index (χ2v) is 7.26. The lowest BCUT2D eigenvalue weighted by Gasteiger charge is -2.38. The third-order valence-electron chi connectivity index (χ3n) is 4.84. The fourth-order valence-corrected chi connectivity index (χ4v) is 3.67. The number of carbonyl (C=O) groups excluding carboxylic acids is 2. The summed E-state index contributed by atoms with van der Waals surface area (Å²) in [5.74, 6) is 0.596. The summed E-state index contributed by atoms with van der Waals surface area (Å²) < 4.78 is 0. The summed E-state index contributed by atoms with van der Waals surface area (Å²) in [6.07, 6.45) is 6.76. The second kappa shape index (κ2) is 8.44. The summed E-state index contributed by atoms with van der Waals surface area (Å²) in [4.78, 5) is 28.3. The molecule has 1 aromatic rings. The Kier molecular flexibility index (Phi) is 6.04. The van der Waals surface area contributed by atoms with Crippen molar-refractivity contribution in [3.05, 3.63) is 28.5 Å². The van der Waals surface area contributed by atoms with Crippen LogP contribution in [0.25, 0.3) is 6.08 Å². The summed E-state index contributed by atoms with van der Waals surface area (Å²) in [6, 6.07) is 1.98. The van der Waals surface area contributed by atoms with Gasteiger partial charge in [0.2, 0.25) is 11.8 Å². The van der Waals surface area contributed by atoms with Gasteiger partial charge in [0.05, 0.1) is 0 Å². The average molecular weight is 347 g/mol. The topological polar surface area (TPSA) is 52.7 Å². The van der Waals surface area contributed by atoms with Gasteiger partial charge in [-0.3, -0.25) is 14.5 Å². The summed E-state index contributed by atoms with van der Waals surface area (Å²) in [7, 11) is 0. The molecule has 130 valence electrons. The van der Waals surface area contributed by atoms with Crippen LogP contribution in [0.2, 0.25) is 0 Å². The lowest BCUT2D eigenvalue weighted by atomic mass is 9.84. The predicted octanol–water partition coefficient (Wildman–Crippen LogP) is 1.82. The normalized spacial score (nSPS) is 19.4. The Morgan fingerprint density at radius 2 is 2.04 bits per heavy atom. The molecule has 6 heteroatoms. The molecule has 2 heterocycles. The maximum absolute atomic E-state index is 12.2. The molecule has 1 aliphatic heterocycles. The number of nitrogens with one attached hydrogen (secondary N) is 1. The molecular formula is C18H25N3O2S. The van der Waals surface area contributed by atoms with E-state index in [-0.39, 0.29) is 5.91 Å². The van der Waals surface area contributed by atoms with Crippen LogP contribution in [0.3, 0.4) is 0 Å². The van der Waals surface area contributed by atoms with Gasteiger partial charge in [0.1, 0.15) is 0 Å². The molecular weight excluding hydrogens is 322 g/mol. The zero-order valence-electron chi connectivity index (χ0n) is 13.9. The van der Waals surface area contributed by atoms with Crippen molar-refractivity contribution in [2.45, 2.75) is 19.3 Å². The second-order valence-electron chi connectivity index (χ2n) is 6.48. The summed E-state index contributed by atoms with van der Waals surface area (Å²) >= 11 is 1.62. The first-order chi connectivity index (χ1) is 11.7. The van der Waals surface area contributed by atoms with Crippen molar-refractivity contribution in [2.75, 3.05) is 39.3 Å². The highest BCUT2D eigenvalue weighted by Crippen LogP contribution is 2.28. The van der Waals surface area contributed by atoms with E-state index >= 15 is 0 Å². The van der Waals surface area contributed by atoms with Crippen LogP contribution in [0.5, 0.6) is 0 Å². The first-order valence-electron chi connectivity index (χ1n) is 8.71. The number of piperazine rings is 1. The average Bonchev–Trinajstić information content (AvgIpc) is 3.05. The SMILES string of the molecule is O=C(C=Cc1ccsc1)NCCN1CCN(C(=O)C2CCC2)CC1. The van der Waals surface area contributed by atoms with E-state index in [0.717, 1.165) is 51.1 Å². The number of nitrogens with zero attached hydrogens (tertiary/aromatic N) is 2. The predicted molar refractivity (Wildman–Crippen MR) is 96.7 cm³/mol. The molecule has 24 heavy (non-hydrogen) atoms. The largest absolute Gasteiger partial charge is 0.351 e. The molecule has 1 aromatic heterocycles. The van der Waals surface area contributed by atoms with E-state index in [1.54, 1.807) is 17.4 Å². The van der Waals surface area contributed by atoms with Crippen molar-refractivity contribution in [3.8, 4) is 0 Å². The molecule has 0 unspecified atom stereocenters. The Labute approximate surface area is 147 Å². The third-order valence-corrected chi connectivity index (χ3v) is 5.54. The van der Waals surface area contributed by atoms with Crippen LogP contribution in [-0.4, -0.2) is 60.9 Å². The fourth-order valence-electron chi connectivity index (χ4n) is 3.04. The van der Waals surface area contributed by atoms with Gasteiger partial charge in [-0.25, -0.2) is 0 Å². The van der Waals surface area contributed by atoms with Crippen LogP contribution in [0.4, 0.5) is 0 Å². The quantitative estimate of drug-likeness (QED) is 0.799. The standard InChI is InChI=1S/C18H25N3O2S/c22-17(5-4-15-6-13-24-14-15)19-7-8-20-9-11-21(12-10-20)18(23)16-2-1-3-16/h4-6,13-14,16H,1-3,7-12H2,(H,19,22). The molecule has 2 aliphatic rings. The smallest absolute Gasteiger partial charge is 0.244 e. The van der Waals surface area contributed by atoms with E-state index < -0.39 is 0 Å². The zero-order valence-corrected chi connectivity index (χ0v) is 14.8. The van der Waals surface area contributed by atoms with Crippen molar-refractivity contribution >= 4 is 29.2 Å². The highest BCUT2D eigenvalue weighted by atomic mass is 32.1. The van der Waals surface area contributed by atoms with E-state index in [9.17, 15) is 9.59 Å². The molecule has 1 saturated carbocycles. The molecule has 1 N–H and O–H groups in total. The van der Waals surface area contributed by atoms with Crippen LogP contribution < -0.4 is 5.32 Å². The molecule has 0 radical (unpaired) electrons. The van der Waals surface area contributed by atoms with Crippen molar-refractivity contribution in [1.82, 2.24) is 15.1 Å². The van der Waals surface area contributed by atoms with Crippen molar-refractivity contribution < 1.29 is 9.59 Å². The first-order valence-corrected chi connectivity index (χ1v) is 9.66. The number of hydrogen-bond acceptors (Lipinski definition) is 4. The monoisotopic (exact) mass is 347 g/mol. The van der Waals surface area contributed by atoms with Gasteiger partial charge in [0.25, 0.3) is 0 Å². The van der Waals surface area contributed by atoms with Gasteiger partial charge in [-0.15, -0.1) is 0 Å². The van der Waals surface area contributed by atoms with Gasteiger partial charge >= 0.3 is 0 Å². The van der Waals surface area contributed by atoms with Gasteiger partial charge in [-0.2, -0.15) is 11.3 Å². The maximum atomic E-state index is 12.2. The third kappa shape index (κ3) is 4.68. The number of carbonyl (C=O) groups is 2. The highest BCUT2D eigenvalue weighted by molar-refractivity contribution is 7.08. The number of hydrogen-bond donors (Lipinski definition) is 1. The van der Waals surface area contributed by atoms with Crippen molar-refractivity contribution in [3.63, 3.8) is 0 Å². The van der Waals surface area contributed by atoms with Crippen LogP contribution >= 0.6 is 11.3 Å². The summed E-state index contributed by atoms with van der Waals surface area (Å²) in [6.45, 7) is 4.92. The molecule has 3 rings (SSSR count). The highest BCUT2D eigenvalue weighted by Gasteiger charge is 2.30. The van der Waals surface area contributed by atoms with Gasteiger partial charge in [-0.1, -0.05) is 6.42 Å². The molecule has 0 bridgehead atoms. The van der Waals surface area contributed by atoms with Gasteiger partial charge < -0.3 is 10.2 Å². The van der Waals surface area contributed by atoms with Gasteiger partial charge in [0.15, 0.2) is 0 Å². The molecule has 2 fully saturated rings. The van der Waals surface area contributed by atoms with Gasteiger partial charge in [0, 0.05) is 51.3 Å². The minimum atomic E-state index is -0.0556. The lowest BCUT2D eigenvalue weighted by Crippen LogP contribution is -2.52. The van der Waals surface area contributed by atoms with E-state index in [2.05, 4.69) is 10.2 Å². The molecule has 0 atom stereocenters. The lowest BCUT2D eigenvalue weighted by molar-refractivity contribution is -0.139. The summed E-state index contributed by atoms with van der Waals surface area (Å²) in [5.41, 5.74) is 1.06. The van der Waals surface area contributed by atoms with Crippen LogP contribution in [0.1, 0.15) is 24.8 Å². The van der Waals surface area contributed by atoms with Crippen molar-refractivity contribution in [2.24, 2.45) is 5.92 Å². The Bertz CT molecular complexity index is 573. The van der Waals surface area contributed by atoms with Crippen LogP contribution in [0.15, 0.2) is 22.9 Å². The van der Waals surface area contributed by atoms with Crippen LogP contribution in [-0.2, 0) is 9.59 Å². The molecule has 1 saturated heterocycles. The number of amides is 2.